The van der Waals surface area contributed by atoms with E-state index in [2.05, 4.69) is 28.0 Å². The van der Waals surface area contributed by atoms with Crippen molar-refractivity contribution in [3.63, 3.8) is 0 Å². The first-order valence-corrected chi connectivity index (χ1v) is 11.0. The maximum absolute atomic E-state index is 12.5. The van der Waals surface area contributed by atoms with Crippen LogP contribution >= 0.6 is 0 Å². The van der Waals surface area contributed by atoms with Gasteiger partial charge in [0.15, 0.2) is 5.78 Å². The Morgan fingerprint density at radius 2 is 1.93 bits per heavy atom. The van der Waals surface area contributed by atoms with Crippen molar-refractivity contribution in [2.24, 2.45) is 0 Å². The molecule has 3 aliphatic heterocycles. The molecule has 5 heteroatoms. The monoisotopic (exact) mass is 403 g/mol. The average molecular weight is 404 g/mol. The molecular weight excluding hydrogens is 374 g/mol. The Kier molecular flexibility index (Phi) is 4.86. The zero-order valence-electron chi connectivity index (χ0n) is 17.8. The van der Waals surface area contributed by atoms with Crippen molar-refractivity contribution in [1.29, 1.82) is 0 Å². The molecular formula is C25H29N3O2. The number of amides is 1. The molecule has 1 saturated heterocycles. The van der Waals surface area contributed by atoms with Gasteiger partial charge in [0.1, 0.15) is 0 Å². The SMILES string of the molecule is Cc1ccc(C(=O)CCCN2CC[C@H]3[C@@H](C2)c2cccc4c2N3CC(=O)N4C)cc1. The van der Waals surface area contributed by atoms with Crippen LogP contribution < -0.4 is 9.80 Å². The number of benzene rings is 2. The topological polar surface area (TPSA) is 43.9 Å². The summed E-state index contributed by atoms with van der Waals surface area (Å²) in [5.74, 6) is 0.859. The van der Waals surface area contributed by atoms with Gasteiger partial charge in [0.25, 0.3) is 0 Å². The van der Waals surface area contributed by atoms with Crippen LogP contribution in [0, 0.1) is 6.92 Å². The molecule has 156 valence electrons. The molecule has 0 unspecified atom stereocenters. The van der Waals surface area contributed by atoms with Gasteiger partial charge < -0.3 is 14.7 Å². The number of carbonyl (C=O) groups is 2. The van der Waals surface area contributed by atoms with Crippen molar-refractivity contribution in [2.45, 2.75) is 38.1 Å². The second-order valence-corrected chi connectivity index (χ2v) is 8.95. The Balaban J connectivity index is 1.24. The number of piperidine rings is 1. The van der Waals surface area contributed by atoms with E-state index in [0.717, 1.165) is 43.7 Å². The summed E-state index contributed by atoms with van der Waals surface area (Å²) in [6, 6.07) is 14.7. The van der Waals surface area contributed by atoms with Crippen LogP contribution in [-0.4, -0.2) is 55.9 Å². The molecule has 0 aliphatic carbocycles. The minimum atomic E-state index is 0.178. The summed E-state index contributed by atoms with van der Waals surface area (Å²) >= 11 is 0. The van der Waals surface area contributed by atoms with Crippen molar-refractivity contribution in [2.75, 3.05) is 43.0 Å². The predicted molar refractivity (Wildman–Crippen MR) is 120 cm³/mol. The summed E-state index contributed by atoms with van der Waals surface area (Å²) in [6.45, 7) is 5.53. The van der Waals surface area contributed by atoms with Gasteiger partial charge in [-0.2, -0.15) is 0 Å². The van der Waals surface area contributed by atoms with Crippen molar-refractivity contribution in [3.05, 3.63) is 59.2 Å². The Labute approximate surface area is 178 Å². The highest BCUT2D eigenvalue weighted by atomic mass is 16.2. The lowest BCUT2D eigenvalue weighted by atomic mass is 9.89. The predicted octanol–water partition coefficient (Wildman–Crippen LogP) is 3.61. The van der Waals surface area contributed by atoms with Crippen LogP contribution in [0.1, 0.15) is 46.7 Å². The van der Waals surface area contributed by atoms with E-state index in [-0.39, 0.29) is 11.7 Å². The van der Waals surface area contributed by atoms with Crippen molar-refractivity contribution < 1.29 is 9.59 Å². The van der Waals surface area contributed by atoms with E-state index in [9.17, 15) is 9.59 Å². The van der Waals surface area contributed by atoms with Gasteiger partial charge in [0, 0.05) is 44.1 Å². The second-order valence-electron chi connectivity index (χ2n) is 8.95. The molecule has 1 fully saturated rings. The summed E-state index contributed by atoms with van der Waals surface area (Å²) in [5.41, 5.74) is 5.70. The third kappa shape index (κ3) is 3.21. The van der Waals surface area contributed by atoms with Gasteiger partial charge in [-0.1, -0.05) is 42.0 Å². The number of aryl methyl sites for hydroxylation is 1. The van der Waals surface area contributed by atoms with Crippen molar-refractivity contribution in [3.8, 4) is 0 Å². The van der Waals surface area contributed by atoms with E-state index >= 15 is 0 Å². The smallest absolute Gasteiger partial charge is 0.246 e. The van der Waals surface area contributed by atoms with Crippen LogP contribution in [0.4, 0.5) is 11.4 Å². The standard InChI is InChI=1S/C25H29N3O2/c1-17-8-10-18(11-9-17)23(29)7-4-13-27-14-12-21-20(15-27)19-5-3-6-22-25(19)28(21)16-24(30)26(22)2/h3,5-6,8-11,20-21H,4,7,12-16H2,1-2H3/t20-,21-/m0/s1. The number of rotatable bonds is 5. The molecule has 0 aromatic heterocycles. The number of anilines is 2. The van der Waals surface area contributed by atoms with Gasteiger partial charge in [-0.15, -0.1) is 0 Å². The first-order valence-electron chi connectivity index (χ1n) is 11.0. The first-order chi connectivity index (χ1) is 14.5. The molecule has 3 heterocycles. The summed E-state index contributed by atoms with van der Waals surface area (Å²) in [4.78, 5) is 31.6. The highest BCUT2D eigenvalue weighted by Crippen LogP contribution is 2.50. The first kappa shape index (κ1) is 19.3. The third-order valence-electron chi connectivity index (χ3n) is 7.09. The number of likely N-dealkylation sites (tertiary alicyclic amines) is 1. The molecule has 2 aromatic carbocycles. The summed E-state index contributed by atoms with van der Waals surface area (Å²) in [7, 11) is 1.88. The highest BCUT2D eigenvalue weighted by molar-refractivity contribution is 6.04. The summed E-state index contributed by atoms with van der Waals surface area (Å²) in [5, 5.41) is 0. The van der Waals surface area contributed by atoms with Gasteiger partial charge in [-0.25, -0.2) is 0 Å². The van der Waals surface area contributed by atoms with E-state index in [0.29, 0.717) is 24.9 Å². The molecule has 2 aromatic rings. The third-order valence-corrected chi connectivity index (χ3v) is 7.09. The van der Waals surface area contributed by atoms with Gasteiger partial charge in [0.05, 0.1) is 17.9 Å². The fourth-order valence-electron chi connectivity index (χ4n) is 5.42. The van der Waals surface area contributed by atoms with Gasteiger partial charge in [-0.05, 0) is 37.9 Å². The lowest BCUT2D eigenvalue weighted by molar-refractivity contribution is -0.117. The Morgan fingerprint density at radius 1 is 1.13 bits per heavy atom. The highest BCUT2D eigenvalue weighted by Gasteiger charge is 2.46. The number of carbonyl (C=O) groups excluding carboxylic acids is 2. The molecule has 5 nitrogen and oxygen atoms in total. The number of hydrogen-bond donors (Lipinski definition) is 0. The van der Waals surface area contributed by atoms with E-state index in [1.54, 1.807) is 4.90 Å². The fraction of sp³-hybridized carbons (Fsp3) is 0.440. The van der Waals surface area contributed by atoms with Gasteiger partial charge >= 0.3 is 0 Å². The van der Waals surface area contributed by atoms with Crippen LogP contribution in [-0.2, 0) is 4.79 Å². The molecule has 2 atom stereocenters. The zero-order valence-corrected chi connectivity index (χ0v) is 17.8. The molecule has 5 rings (SSSR count). The van der Waals surface area contributed by atoms with Crippen LogP contribution in [0.3, 0.4) is 0 Å². The Hall–Kier alpha value is -2.66. The number of nitrogens with zero attached hydrogens (tertiary/aromatic N) is 3. The van der Waals surface area contributed by atoms with Gasteiger partial charge in [0.2, 0.25) is 5.91 Å². The number of ketones is 1. The zero-order chi connectivity index (χ0) is 20.8. The number of fused-ring (bicyclic) bond motifs is 3. The van der Waals surface area contributed by atoms with Crippen LogP contribution in [0.5, 0.6) is 0 Å². The Bertz CT molecular complexity index is 984. The molecule has 0 spiro atoms. The quantitative estimate of drug-likeness (QED) is 0.716. The van der Waals surface area contributed by atoms with Gasteiger partial charge in [-0.3, -0.25) is 9.59 Å². The van der Waals surface area contributed by atoms with E-state index in [4.69, 9.17) is 0 Å². The maximum atomic E-state index is 12.5. The molecule has 0 N–H and O–H groups in total. The average Bonchev–Trinajstić information content (AvgIpc) is 3.06. The minimum absolute atomic E-state index is 0.178. The fourth-order valence-corrected chi connectivity index (χ4v) is 5.42. The summed E-state index contributed by atoms with van der Waals surface area (Å²) < 4.78 is 0. The van der Waals surface area contributed by atoms with E-state index in [1.807, 2.05) is 38.2 Å². The van der Waals surface area contributed by atoms with Crippen LogP contribution in [0.25, 0.3) is 0 Å². The normalized spacial score (nSPS) is 22.8. The second kappa shape index (κ2) is 7.55. The number of hydrogen-bond acceptors (Lipinski definition) is 4. The number of para-hydroxylation sites is 1. The van der Waals surface area contributed by atoms with Crippen LogP contribution in [0.15, 0.2) is 42.5 Å². The van der Waals surface area contributed by atoms with E-state index < -0.39 is 0 Å². The largest absolute Gasteiger partial charge is 0.357 e. The molecule has 1 amide bonds. The molecule has 3 aliphatic rings. The minimum Gasteiger partial charge on any atom is -0.357 e. The Morgan fingerprint density at radius 3 is 2.73 bits per heavy atom. The van der Waals surface area contributed by atoms with Crippen molar-refractivity contribution >= 4 is 23.1 Å². The van der Waals surface area contributed by atoms with Crippen LogP contribution in [0.2, 0.25) is 0 Å². The lowest BCUT2D eigenvalue weighted by Crippen LogP contribution is -2.51. The maximum Gasteiger partial charge on any atom is 0.246 e. The molecule has 0 saturated carbocycles. The van der Waals surface area contributed by atoms with Crippen molar-refractivity contribution in [1.82, 2.24) is 4.90 Å². The molecule has 0 bridgehead atoms. The summed E-state index contributed by atoms with van der Waals surface area (Å²) in [6.07, 6.45) is 2.56. The molecule has 0 radical (unpaired) electrons. The van der Waals surface area contributed by atoms with E-state index in [1.165, 1.54) is 16.8 Å². The molecule has 30 heavy (non-hydrogen) atoms. The number of likely N-dealkylation sites (N-methyl/N-ethyl adjacent to an activating group) is 1. The lowest BCUT2D eigenvalue weighted by Gasteiger charge is -2.40. The number of Topliss-reactive ketones (excluding diaryl/α,β-unsaturated/α-hetero) is 1.